The van der Waals surface area contributed by atoms with Crippen molar-refractivity contribution in [3.8, 4) is 0 Å². The highest BCUT2D eigenvalue weighted by Crippen LogP contribution is 2.26. The van der Waals surface area contributed by atoms with E-state index in [-0.39, 0.29) is 23.8 Å². The van der Waals surface area contributed by atoms with Crippen molar-refractivity contribution < 1.29 is 18.0 Å². The van der Waals surface area contributed by atoms with Crippen LogP contribution < -0.4 is 9.62 Å². The average molecular weight is 663 g/mol. The Morgan fingerprint density at radius 1 is 0.767 bits per heavy atom. The zero-order valence-corrected chi connectivity index (χ0v) is 26.9. The van der Waals surface area contributed by atoms with E-state index in [1.54, 1.807) is 42.5 Å². The van der Waals surface area contributed by atoms with Crippen LogP contribution in [0.4, 0.5) is 5.69 Å². The molecule has 43 heavy (non-hydrogen) atoms. The molecule has 9 heteroatoms. The second-order valence-electron chi connectivity index (χ2n) is 11.3. The molecule has 0 aliphatic carbocycles. The van der Waals surface area contributed by atoms with Crippen molar-refractivity contribution in [1.29, 1.82) is 0 Å². The molecule has 2 amide bonds. The van der Waals surface area contributed by atoms with Gasteiger partial charge in [0.2, 0.25) is 11.8 Å². The summed E-state index contributed by atoms with van der Waals surface area (Å²) in [5.41, 5.74) is 1.48. The van der Waals surface area contributed by atoms with Gasteiger partial charge in [0.1, 0.15) is 12.6 Å². The first-order valence-electron chi connectivity index (χ1n) is 14.0. The van der Waals surface area contributed by atoms with E-state index in [2.05, 4.69) is 21.2 Å². The van der Waals surface area contributed by atoms with E-state index in [1.165, 1.54) is 17.0 Å². The average Bonchev–Trinajstić information content (AvgIpc) is 2.98. The molecule has 0 unspecified atom stereocenters. The minimum absolute atomic E-state index is 0.0617. The van der Waals surface area contributed by atoms with E-state index >= 15 is 0 Å². The molecule has 224 valence electrons. The molecule has 0 bridgehead atoms. The maximum Gasteiger partial charge on any atom is 0.264 e. The first-order chi connectivity index (χ1) is 20.4. The molecule has 7 nitrogen and oxygen atoms in total. The van der Waals surface area contributed by atoms with Crippen LogP contribution in [-0.4, -0.2) is 43.3 Å². The standard InChI is InChI=1S/C34H36BrN3O4S/c1-34(2,3)36-33(40)31(23-26-13-7-4-8-14-26)37(24-27-15-9-5-10-16-27)32(39)25-38(29-21-19-28(35)20-22-29)43(41,42)30-17-11-6-12-18-30/h4-22,31H,23-25H2,1-3H3,(H,36,40)/t31-/m0/s1. The Labute approximate surface area is 262 Å². The molecule has 1 N–H and O–H groups in total. The quantitative estimate of drug-likeness (QED) is 0.207. The van der Waals surface area contributed by atoms with E-state index < -0.39 is 34.1 Å². The third-order valence-electron chi connectivity index (χ3n) is 6.69. The molecule has 4 aromatic carbocycles. The Bertz CT molecular complexity index is 1610. The minimum Gasteiger partial charge on any atom is -0.350 e. The van der Waals surface area contributed by atoms with E-state index in [9.17, 15) is 18.0 Å². The van der Waals surface area contributed by atoms with Crippen LogP contribution in [0.25, 0.3) is 0 Å². The molecule has 0 aromatic heterocycles. The van der Waals surface area contributed by atoms with Crippen LogP contribution in [0.3, 0.4) is 0 Å². The van der Waals surface area contributed by atoms with Crippen LogP contribution in [0.15, 0.2) is 125 Å². The molecule has 0 saturated carbocycles. The predicted molar refractivity (Wildman–Crippen MR) is 174 cm³/mol. The van der Waals surface area contributed by atoms with Gasteiger partial charge in [0.15, 0.2) is 0 Å². The molecule has 0 radical (unpaired) electrons. The smallest absolute Gasteiger partial charge is 0.264 e. The molecule has 0 saturated heterocycles. The van der Waals surface area contributed by atoms with E-state index in [4.69, 9.17) is 0 Å². The van der Waals surface area contributed by atoms with Crippen molar-refractivity contribution in [3.63, 3.8) is 0 Å². The summed E-state index contributed by atoms with van der Waals surface area (Å²) in [6.07, 6.45) is 0.255. The zero-order chi connectivity index (χ0) is 31.0. The SMILES string of the molecule is CC(C)(C)NC(=O)[C@H](Cc1ccccc1)N(Cc1ccccc1)C(=O)CN(c1ccc(Br)cc1)S(=O)(=O)c1ccccc1. The van der Waals surface area contributed by atoms with Gasteiger partial charge in [0.05, 0.1) is 10.6 Å². The molecule has 0 spiro atoms. The van der Waals surface area contributed by atoms with Gasteiger partial charge in [-0.15, -0.1) is 0 Å². The molecule has 0 fully saturated rings. The summed E-state index contributed by atoms with van der Waals surface area (Å²) < 4.78 is 29.8. The monoisotopic (exact) mass is 661 g/mol. The Kier molecular flexibility index (Phi) is 10.4. The zero-order valence-electron chi connectivity index (χ0n) is 24.5. The largest absolute Gasteiger partial charge is 0.350 e. The first-order valence-corrected chi connectivity index (χ1v) is 16.2. The van der Waals surface area contributed by atoms with Gasteiger partial charge in [-0.3, -0.25) is 13.9 Å². The number of amides is 2. The summed E-state index contributed by atoms with van der Waals surface area (Å²) in [5.74, 6) is -0.821. The Morgan fingerprint density at radius 3 is 1.81 bits per heavy atom. The highest BCUT2D eigenvalue weighted by Gasteiger charge is 2.35. The number of anilines is 1. The van der Waals surface area contributed by atoms with Gasteiger partial charge in [0, 0.05) is 23.0 Å². The van der Waals surface area contributed by atoms with Crippen molar-refractivity contribution in [3.05, 3.63) is 131 Å². The third kappa shape index (κ3) is 8.78. The molecular weight excluding hydrogens is 626 g/mol. The third-order valence-corrected chi connectivity index (χ3v) is 9.01. The maximum atomic E-state index is 14.4. The van der Waals surface area contributed by atoms with Gasteiger partial charge in [-0.05, 0) is 68.3 Å². The highest BCUT2D eigenvalue weighted by atomic mass is 79.9. The summed E-state index contributed by atoms with van der Waals surface area (Å²) >= 11 is 3.40. The van der Waals surface area contributed by atoms with Crippen LogP contribution in [0.1, 0.15) is 31.9 Å². The van der Waals surface area contributed by atoms with Crippen molar-refractivity contribution in [1.82, 2.24) is 10.2 Å². The number of carbonyl (C=O) groups excluding carboxylic acids is 2. The highest BCUT2D eigenvalue weighted by molar-refractivity contribution is 9.10. The van der Waals surface area contributed by atoms with Crippen molar-refractivity contribution in [2.75, 3.05) is 10.8 Å². The number of hydrogen-bond acceptors (Lipinski definition) is 4. The van der Waals surface area contributed by atoms with Crippen LogP contribution >= 0.6 is 15.9 Å². The molecule has 0 heterocycles. The minimum atomic E-state index is -4.13. The van der Waals surface area contributed by atoms with Crippen LogP contribution in [-0.2, 0) is 32.6 Å². The number of nitrogens with zero attached hydrogens (tertiary/aromatic N) is 2. The van der Waals surface area contributed by atoms with Gasteiger partial charge in [-0.1, -0.05) is 94.8 Å². The van der Waals surface area contributed by atoms with Crippen molar-refractivity contribution in [2.24, 2.45) is 0 Å². The van der Waals surface area contributed by atoms with Gasteiger partial charge >= 0.3 is 0 Å². The summed E-state index contributed by atoms with van der Waals surface area (Å²) in [6.45, 7) is 5.27. The van der Waals surface area contributed by atoms with Crippen LogP contribution in [0.2, 0.25) is 0 Å². The normalized spacial score (nSPS) is 12.3. The van der Waals surface area contributed by atoms with Gasteiger partial charge in [0.25, 0.3) is 10.0 Å². The van der Waals surface area contributed by atoms with Gasteiger partial charge < -0.3 is 10.2 Å². The number of hydrogen-bond donors (Lipinski definition) is 1. The summed E-state index contributed by atoms with van der Waals surface area (Å²) in [7, 11) is -4.13. The fourth-order valence-corrected chi connectivity index (χ4v) is 6.34. The number of benzene rings is 4. The molecule has 1 atom stereocenters. The summed E-state index contributed by atoms with van der Waals surface area (Å²) in [5, 5.41) is 3.04. The fourth-order valence-electron chi connectivity index (χ4n) is 4.64. The predicted octanol–water partition coefficient (Wildman–Crippen LogP) is 6.20. The van der Waals surface area contributed by atoms with E-state index in [1.807, 2.05) is 81.4 Å². The molecule has 0 aliphatic rings. The van der Waals surface area contributed by atoms with Crippen LogP contribution in [0.5, 0.6) is 0 Å². The molecule has 0 aliphatic heterocycles. The lowest BCUT2D eigenvalue weighted by Crippen LogP contribution is -2.56. The Balaban J connectivity index is 1.79. The van der Waals surface area contributed by atoms with Crippen LogP contribution in [0, 0.1) is 0 Å². The van der Waals surface area contributed by atoms with E-state index in [0.29, 0.717) is 5.69 Å². The van der Waals surface area contributed by atoms with Crippen molar-refractivity contribution >= 4 is 43.5 Å². The topological polar surface area (TPSA) is 86.8 Å². The number of nitrogens with one attached hydrogen (secondary N) is 1. The van der Waals surface area contributed by atoms with Gasteiger partial charge in [-0.2, -0.15) is 0 Å². The summed E-state index contributed by atoms with van der Waals surface area (Å²) in [4.78, 5) is 29.8. The van der Waals surface area contributed by atoms with Gasteiger partial charge in [-0.25, -0.2) is 8.42 Å². The Morgan fingerprint density at radius 2 is 1.28 bits per heavy atom. The maximum absolute atomic E-state index is 14.4. The lowest BCUT2D eigenvalue weighted by molar-refractivity contribution is -0.140. The second kappa shape index (κ2) is 14.0. The number of rotatable bonds is 11. The fraction of sp³-hybridized carbons (Fsp3) is 0.235. The number of sulfonamides is 1. The molecule has 4 rings (SSSR count). The lowest BCUT2D eigenvalue weighted by atomic mass is 10.0. The second-order valence-corrected chi connectivity index (χ2v) is 14.0. The summed E-state index contributed by atoms with van der Waals surface area (Å²) in [6, 6.07) is 32.7. The molecule has 4 aromatic rings. The molecular formula is C34H36BrN3O4S. The Hall–Kier alpha value is -3.95. The van der Waals surface area contributed by atoms with E-state index in [0.717, 1.165) is 19.9 Å². The lowest BCUT2D eigenvalue weighted by Gasteiger charge is -2.35. The number of carbonyl (C=O) groups is 2. The number of halogens is 1. The van der Waals surface area contributed by atoms with Crippen molar-refractivity contribution in [2.45, 2.75) is 50.2 Å². The first kappa shape index (κ1) is 32.0.